The minimum atomic E-state index is -1.37. The quantitative estimate of drug-likeness (QED) is 0.429. The van der Waals surface area contributed by atoms with Gasteiger partial charge in [0.2, 0.25) is 11.7 Å². The number of hydrogen-bond acceptors (Lipinski definition) is 8. The van der Waals surface area contributed by atoms with Gasteiger partial charge in [0.1, 0.15) is 23.5 Å². The van der Waals surface area contributed by atoms with Crippen molar-refractivity contribution in [2.45, 2.75) is 45.4 Å². The van der Waals surface area contributed by atoms with Gasteiger partial charge in [-0.05, 0) is 52.0 Å². The molecular weight excluding hydrogens is 504 g/mol. The van der Waals surface area contributed by atoms with Gasteiger partial charge in [0.25, 0.3) is 5.91 Å². The fourth-order valence-electron chi connectivity index (χ4n) is 4.39. The number of hydrogen-bond donors (Lipinski definition) is 1. The van der Waals surface area contributed by atoms with Crippen molar-refractivity contribution in [2.75, 3.05) is 34.0 Å². The topological polar surface area (TPSA) is 117 Å². The molecule has 208 valence electrons. The van der Waals surface area contributed by atoms with Crippen LogP contribution in [-0.2, 0) is 20.8 Å². The zero-order valence-corrected chi connectivity index (χ0v) is 23.1. The Labute approximate surface area is 227 Å². The van der Waals surface area contributed by atoms with Gasteiger partial charge in [-0.3, -0.25) is 9.59 Å². The normalized spacial score (nSPS) is 17.3. The molecule has 10 nitrogen and oxygen atoms in total. The summed E-state index contributed by atoms with van der Waals surface area (Å²) >= 11 is 0. The molecule has 2 heterocycles. The number of esters is 1. The van der Waals surface area contributed by atoms with Crippen LogP contribution in [0, 0.1) is 0 Å². The number of methoxy groups -OCH3 is 2. The van der Waals surface area contributed by atoms with Gasteiger partial charge >= 0.3 is 5.97 Å². The number of para-hydroxylation sites is 1. The van der Waals surface area contributed by atoms with Crippen LogP contribution in [0.5, 0.6) is 11.5 Å². The van der Waals surface area contributed by atoms with E-state index >= 15 is 0 Å². The zero-order valence-electron chi connectivity index (χ0n) is 23.1. The van der Waals surface area contributed by atoms with Crippen LogP contribution in [0.2, 0.25) is 0 Å². The summed E-state index contributed by atoms with van der Waals surface area (Å²) in [6.07, 6.45) is 0. The van der Waals surface area contributed by atoms with Crippen molar-refractivity contribution in [3.63, 3.8) is 0 Å². The molecule has 1 aliphatic rings. The molecule has 0 spiro atoms. The number of fused-ring (bicyclic) bond motifs is 3. The van der Waals surface area contributed by atoms with E-state index in [1.54, 1.807) is 46.9 Å². The second kappa shape index (κ2) is 11.0. The van der Waals surface area contributed by atoms with Gasteiger partial charge in [0.05, 0.1) is 24.7 Å². The van der Waals surface area contributed by atoms with Gasteiger partial charge < -0.3 is 33.6 Å². The largest absolute Gasteiger partial charge is 0.496 e. The highest BCUT2D eigenvalue weighted by molar-refractivity contribution is 6.05. The Morgan fingerprint density at radius 2 is 1.87 bits per heavy atom. The molecule has 3 aromatic rings. The average molecular weight is 539 g/mol. The molecule has 1 aromatic heterocycles. The van der Waals surface area contributed by atoms with Crippen LogP contribution in [0.3, 0.4) is 0 Å². The molecule has 39 heavy (non-hydrogen) atoms. The number of carbonyl (C=O) groups excluding carboxylic acids is 3. The van der Waals surface area contributed by atoms with Gasteiger partial charge in [-0.25, -0.2) is 4.79 Å². The Balaban J connectivity index is 1.64. The summed E-state index contributed by atoms with van der Waals surface area (Å²) in [5.74, 6) is -0.629. The standard InChI is InChI=1S/C29H34N2O8/c1-28(2,3)39-26(33)18-11-12-20-22(15-18)38-24-23(20)37-17-29(4,31(25(24)32)13-14-35-5)27(34)30-16-19-9-7-8-10-21(19)36-6/h7-12,15H,13-14,16-17H2,1-6H3,(H,30,34). The molecule has 0 saturated heterocycles. The van der Waals surface area contributed by atoms with E-state index in [1.807, 2.05) is 24.3 Å². The molecule has 1 N–H and O–H groups in total. The van der Waals surface area contributed by atoms with E-state index in [0.717, 1.165) is 5.56 Å². The third kappa shape index (κ3) is 5.70. The number of amides is 2. The molecule has 10 heteroatoms. The number of nitrogens with one attached hydrogen (secondary N) is 1. The summed E-state index contributed by atoms with van der Waals surface area (Å²) in [4.78, 5) is 41.4. The van der Waals surface area contributed by atoms with Crippen molar-refractivity contribution < 1.29 is 37.7 Å². The van der Waals surface area contributed by atoms with Gasteiger partial charge in [0.15, 0.2) is 11.3 Å². The van der Waals surface area contributed by atoms with Crippen LogP contribution in [0.25, 0.3) is 11.0 Å². The molecule has 0 aliphatic carbocycles. The number of nitrogens with zero attached hydrogens (tertiary/aromatic N) is 1. The lowest BCUT2D eigenvalue weighted by molar-refractivity contribution is -0.133. The summed E-state index contributed by atoms with van der Waals surface area (Å²) in [6.45, 7) is 7.37. The third-order valence-electron chi connectivity index (χ3n) is 6.45. The number of carbonyl (C=O) groups is 3. The highest BCUT2D eigenvalue weighted by atomic mass is 16.6. The highest BCUT2D eigenvalue weighted by Gasteiger charge is 2.47. The summed E-state index contributed by atoms with van der Waals surface area (Å²) in [7, 11) is 3.08. The monoisotopic (exact) mass is 538 g/mol. The number of rotatable bonds is 8. The third-order valence-corrected chi connectivity index (χ3v) is 6.45. The minimum Gasteiger partial charge on any atom is -0.496 e. The van der Waals surface area contributed by atoms with Crippen LogP contribution in [-0.4, -0.2) is 67.8 Å². The van der Waals surface area contributed by atoms with Crippen LogP contribution in [0.1, 0.15) is 54.2 Å². The summed E-state index contributed by atoms with van der Waals surface area (Å²) < 4.78 is 28.1. The van der Waals surface area contributed by atoms with Crippen LogP contribution < -0.4 is 14.8 Å². The van der Waals surface area contributed by atoms with E-state index in [4.69, 9.17) is 23.4 Å². The van der Waals surface area contributed by atoms with E-state index in [-0.39, 0.29) is 43.4 Å². The SMILES string of the molecule is COCCN1C(=O)c2oc3cc(C(=O)OC(C)(C)C)ccc3c2OCC1(C)C(=O)NCc1ccccc1OC. The molecule has 0 radical (unpaired) electrons. The van der Waals surface area contributed by atoms with Crippen molar-refractivity contribution in [2.24, 2.45) is 0 Å². The lowest BCUT2D eigenvalue weighted by atomic mass is 9.99. The zero-order chi connectivity index (χ0) is 28.4. The van der Waals surface area contributed by atoms with Gasteiger partial charge in [-0.15, -0.1) is 0 Å². The van der Waals surface area contributed by atoms with Crippen molar-refractivity contribution >= 4 is 28.8 Å². The summed E-state index contributed by atoms with van der Waals surface area (Å²) in [6, 6.07) is 12.1. The molecule has 0 saturated carbocycles. The van der Waals surface area contributed by atoms with E-state index in [1.165, 1.54) is 18.1 Å². The average Bonchev–Trinajstić information content (AvgIpc) is 3.22. The first-order valence-electron chi connectivity index (χ1n) is 12.6. The lowest BCUT2D eigenvalue weighted by Crippen LogP contribution is -2.61. The smallest absolute Gasteiger partial charge is 0.338 e. The molecule has 0 bridgehead atoms. The molecular formula is C29H34N2O8. The second-order valence-corrected chi connectivity index (χ2v) is 10.5. The van der Waals surface area contributed by atoms with E-state index in [2.05, 4.69) is 5.32 Å². The second-order valence-electron chi connectivity index (χ2n) is 10.5. The van der Waals surface area contributed by atoms with Gasteiger partial charge in [-0.1, -0.05) is 18.2 Å². The fourth-order valence-corrected chi connectivity index (χ4v) is 4.39. The van der Waals surface area contributed by atoms with Crippen molar-refractivity contribution in [1.82, 2.24) is 10.2 Å². The molecule has 2 aromatic carbocycles. The van der Waals surface area contributed by atoms with E-state index < -0.39 is 28.9 Å². The predicted molar refractivity (Wildman–Crippen MR) is 143 cm³/mol. The Kier molecular flexibility index (Phi) is 7.87. The predicted octanol–water partition coefficient (Wildman–Crippen LogP) is 3.95. The first kappa shape index (κ1) is 28.0. The molecule has 2 amide bonds. The molecule has 4 rings (SSSR count). The van der Waals surface area contributed by atoms with Gasteiger partial charge in [0, 0.05) is 25.8 Å². The maximum atomic E-state index is 13.8. The molecule has 1 atom stereocenters. The van der Waals surface area contributed by atoms with Crippen molar-refractivity contribution in [3.05, 3.63) is 59.4 Å². The lowest BCUT2D eigenvalue weighted by Gasteiger charge is -2.37. The van der Waals surface area contributed by atoms with E-state index in [9.17, 15) is 14.4 Å². The number of furan rings is 1. The van der Waals surface area contributed by atoms with Crippen molar-refractivity contribution in [3.8, 4) is 11.5 Å². The van der Waals surface area contributed by atoms with Crippen LogP contribution >= 0.6 is 0 Å². The summed E-state index contributed by atoms with van der Waals surface area (Å²) in [5, 5.41) is 3.43. The van der Waals surface area contributed by atoms with Crippen LogP contribution in [0.15, 0.2) is 46.9 Å². The Bertz CT molecular complexity index is 1390. The van der Waals surface area contributed by atoms with E-state index in [0.29, 0.717) is 16.7 Å². The molecule has 0 fully saturated rings. The van der Waals surface area contributed by atoms with Crippen LogP contribution in [0.4, 0.5) is 0 Å². The highest BCUT2D eigenvalue weighted by Crippen LogP contribution is 2.39. The fraction of sp³-hybridized carbons (Fsp3) is 0.414. The molecule has 1 aliphatic heterocycles. The Morgan fingerprint density at radius 3 is 2.56 bits per heavy atom. The number of ether oxygens (including phenoxy) is 4. The van der Waals surface area contributed by atoms with Gasteiger partial charge in [-0.2, -0.15) is 0 Å². The number of benzene rings is 2. The molecule has 1 unspecified atom stereocenters. The summed E-state index contributed by atoms with van der Waals surface area (Å²) in [5.41, 5.74) is -0.663. The first-order valence-corrected chi connectivity index (χ1v) is 12.6. The maximum Gasteiger partial charge on any atom is 0.338 e. The Hall–Kier alpha value is -4.05. The van der Waals surface area contributed by atoms with Crippen molar-refractivity contribution in [1.29, 1.82) is 0 Å². The first-order chi connectivity index (χ1) is 18.5. The Morgan fingerprint density at radius 1 is 1.13 bits per heavy atom. The minimum absolute atomic E-state index is 0.0521. The maximum absolute atomic E-state index is 13.8.